The molecule has 1 saturated carbocycles. The van der Waals surface area contributed by atoms with E-state index < -0.39 is 0 Å². The zero-order valence-electron chi connectivity index (χ0n) is 12.2. The van der Waals surface area contributed by atoms with Gasteiger partial charge in [-0.3, -0.25) is 9.80 Å². The minimum absolute atomic E-state index is 0.176. The van der Waals surface area contributed by atoms with Crippen molar-refractivity contribution in [3.63, 3.8) is 0 Å². The molecule has 3 heterocycles. The molecule has 0 amide bonds. The van der Waals surface area contributed by atoms with Crippen LogP contribution in [0.1, 0.15) is 42.3 Å². The fraction of sp³-hybridized carbons (Fsp3) is 0.647. The lowest BCUT2D eigenvalue weighted by Gasteiger charge is -2.50. The quantitative estimate of drug-likeness (QED) is 0.912. The highest BCUT2D eigenvalue weighted by Gasteiger charge is 2.37. The summed E-state index contributed by atoms with van der Waals surface area (Å²) in [6.45, 7) is 6.01. The zero-order valence-corrected chi connectivity index (χ0v) is 12.2. The Morgan fingerprint density at radius 3 is 2.40 bits per heavy atom. The first-order valence-corrected chi connectivity index (χ1v) is 8.14. The van der Waals surface area contributed by atoms with Crippen molar-refractivity contribution >= 4 is 0 Å². The van der Waals surface area contributed by atoms with Gasteiger partial charge in [0.2, 0.25) is 0 Å². The van der Waals surface area contributed by atoms with E-state index in [1.54, 1.807) is 0 Å². The van der Waals surface area contributed by atoms with Gasteiger partial charge in [0.05, 0.1) is 0 Å². The summed E-state index contributed by atoms with van der Waals surface area (Å²) in [5, 5.41) is 0. The smallest absolute Gasteiger partial charge is 0.0468 e. The standard InChI is InChI=1S/C17H25N3/c18-17(16-12-19-8-10-20(16)11-9-19)15-7-2-1-6-14(15)13-4-3-5-13/h1-2,6-7,13,16-17H,3-5,8-12,18H2. The number of hydrogen-bond donors (Lipinski definition) is 1. The van der Waals surface area contributed by atoms with Crippen LogP contribution in [-0.2, 0) is 0 Å². The number of nitrogens with zero attached hydrogens (tertiary/aromatic N) is 2. The Labute approximate surface area is 121 Å². The first kappa shape index (κ1) is 12.8. The predicted octanol–water partition coefficient (Wildman–Crippen LogP) is 1.95. The van der Waals surface area contributed by atoms with Crippen molar-refractivity contribution in [3.05, 3.63) is 35.4 Å². The number of benzene rings is 1. The lowest BCUT2D eigenvalue weighted by molar-refractivity contribution is 0.00195. The fourth-order valence-corrected chi connectivity index (χ4v) is 4.11. The molecule has 3 saturated heterocycles. The van der Waals surface area contributed by atoms with Crippen LogP contribution in [-0.4, -0.2) is 48.6 Å². The van der Waals surface area contributed by atoms with E-state index in [1.165, 1.54) is 56.6 Å². The maximum absolute atomic E-state index is 6.71. The van der Waals surface area contributed by atoms with Gasteiger partial charge in [0.25, 0.3) is 0 Å². The highest BCUT2D eigenvalue weighted by molar-refractivity contribution is 5.35. The summed E-state index contributed by atoms with van der Waals surface area (Å²) in [5.41, 5.74) is 9.65. The number of fused-ring (bicyclic) bond motifs is 3. The van der Waals surface area contributed by atoms with Gasteiger partial charge in [-0.1, -0.05) is 30.7 Å². The lowest BCUT2D eigenvalue weighted by atomic mass is 9.76. The number of piperazine rings is 3. The topological polar surface area (TPSA) is 32.5 Å². The van der Waals surface area contributed by atoms with E-state index in [4.69, 9.17) is 5.73 Å². The minimum Gasteiger partial charge on any atom is -0.323 e. The highest BCUT2D eigenvalue weighted by Crippen LogP contribution is 2.40. The number of hydrogen-bond acceptors (Lipinski definition) is 3. The molecule has 1 aliphatic carbocycles. The highest BCUT2D eigenvalue weighted by atomic mass is 15.3. The van der Waals surface area contributed by atoms with Crippen LogP contribution in [0.15, 0.2) is 24.3 Å². The molecule has 4 aliphatic rings. The Balaban J connectivity index is 1.60. The molecule has 3 heteroatoms. The van der Waals surface area contributed by atoms with E-state index in [-0.39, 0.29) is 6.04 Å². The molecule has 2 unspecified atom stereocenters. The van der Waals surface area contributed by atoms with Crippen molar-refractivity contribution < 1.29 is 0 Å². The van der Waals surface area contributed by atoms with Crippen LogP contribution in [0.4, 0.5) is 0 Å². The molecule has 0 spiro atoms. The molecule has 0 radical (unpaired) electrons. The molecule has 2 atom stereocenters. The Bertz CT molecular complexity index is 475. The third-order valence-corrected chi connectivity index (χ3v) is 5.64. The van der Waals surface area contributed by atoms with Crippen molar-refractivity contribution in [1.29, 1.82) is 0 Å². The molecule has 1 aromatic carbocycles. The molecule has 2 N–H and O–H groups in total. The van der Waals surface area contributed by atoms with Gasteiger partial charge in [0.15, 0.2) is 0 Å². The van der Waals surface area contributed by atoms with E-state index in [2.05, 4.69) is 34.1 Å². The summed E-state index contributed by atoms with van der Waals surface area (Å²) in [4.78, 5) is 5.19. The Morgan fingerprint density at radius 1 is 1.05 bits per heavy atom. The molecule has 108 valence electrons. The maximum Gasteiger partial charge on any atom is 0.0468 e. The average Bonchev–Trinajstić information content (AvgIpc) is 2.46. The minimum atomic E-state index is 0.176. The summed E-state index contributed by atoms with van der Waals surface area (Å²) in [7, 11) is 0. The van der Waals surface area contributed by atoms with Gasteiger partial charge < -0.3 is 5.73 Å². The second-order valence-electron chi connectivity index (χ2n) is 6.69. The van der Waals surface area contributed by atoms with Gasteiger partial charge in [-0.15, -0.1) is 0 Å². The van der Waals surface area contributed by atoms with Gasteiger partial charge in [-0.2, -0.15) is 0 Å². The molecular weight excluding hydrogens is 246 g/mol. The molecule has 1 aromatic rings. The van der Waals surface area contributed by atoms with Gasteiger partial charge in [-0.25, -0.2) is 0 Å². The first-order chi connectivity index (χ1) is 9.83. The average molecular weight is 271 g/mol. The number of rotatable bonds is 3. The van der Waals surface area contributed by atoms with Gasteiger partial charge in [-0.05, 0) is 29.9 Å². The zero-order chi connectivity index (χ0) is 13.5. The Hall–Kier alpha value is -0.900. The molecule has 0 aromatic heterocycles. The molecular formula is C17H25N3. The Kier molecular flexibility index (Phi) is 3.29. The largest absolute Gasteiger partial charge is 0.323 e. The second-order valence-corrected chi connectivity index (χ2v) is 6.69. The van der Waals surface area contributed by atoms with Crippen molar-refractivity contribution in [2.75, 3.05) is 32.7 Å². The SMILES string of the molecule is NC(c1ccccc1C1CCC1)C1CN2CCN1CC2. The lowest BCUT2D eigenvalue weighted by Crippen LogP contribution is -2.63. The van der Waals surface area contributed by atoms with Crippen molar-refractivity contribution in [3.8, 4) is 0 Å². The van der Waals surface area contributed by atoms with Crippen LogP contribution in [0, 0.1) is 0 Å². The van der Waals surface area contributed by atoms with Crippen LogP contribution in [0.25, 0.3) is 0 Å². The van der Waals surface area contributed by atoms with Crippen LogP contribution in [0.5, 0.6) is 0 Å². The van der Waals surface area contributed by atoms with Crippen LogP contribution < -0.4 is 5.73 Å². The Morgan fingerprint density at radius 2 is 1.80 bits per heavy atom. The normalized spacial score (nSPS) is 34.8. The van der Waals surface area contributed by atoms with Crippen LogP contribution in [0.2, 0.25) is 0 Å². The third-order valence-electron chi connectivity index (χ3n) is 5.64. The molecule has 3 nitrogen and oxygen atoms in total. The fourth-order valence-electron chi connectivity index (χ4n) is 4.11. The molecule has 5 rings (SSSR count). The monoisotopic (exact) mass is 271 g/mol. The summed E-state index contributed by atoms with van der Waals surface area (Å²) in [5.74, 6) is 0.772. The molecule has 20 heavy (non-hydrogen) atoms. The summed E-state index contributed by atoms with van der Waals surface area (Å²) in [6, 6.07) is 9.62. The van der Waals surface area contributed by atoms with E-state index in [0.717, 1.165) is 12.5 Å². The predicted molar refractivity (Wildman–Crippen MR) is 81.8 cm³/mol. The van der Waals surface area contributed by atoms with Gasteiger partial charge in [0.1, 0.15) is 0 Å². The van der Waals surface area contributed by atoms with Gasteiger partial charge in [0, 0.05) is 44.8 Å². The van der Waals surface area contributed by atoms with E-state index in [1.807, 2.05) is 0 Å². The summed E-state index contributed by atoms with van der Waals surface area (Å²) < 4.78 is 0. The van der Waals surface area contributed by atoms with Crippen molar-refractivity contribution in [2.45, 2.75) is 37.3 Å². The summed E-state index contributed by atoms with van der Waals surface area (Å²) >= 11 is 0. The maximum atomic E-state index is 6.71. The van der Waals surface area contributed by atoms with E-state index in [0.29, 0.717) is 6.04 Å². The second kappa shape index (κ2) is 5.14. The van der Waals surface area contributed by atoms with Crippen molar-refractivity contribution in [2.24, 2.45) is 5.73 Å². The third kappa shape index (κ3) is 2.09. The number of nitrogens with two attached hydrogens (primary N) is 1. The van der Waals surface area contributed by atoms with E-state index in [9.17, 15) is 0 Å². The van der Waals surface area contributed by atoms with Crippen LogP contribution in [0.3, 0.4) is 0 Å². The first-order valence-electron chi connectivity index (χ1n) is 8.14. The van der Waals surface area contributed by atoms with Gasteiger partial charge >= 0.3 is 0 Å². The van der Waals surface area contributed by atoms with Crippen molar-refractivity contribution in [1.82, 2.24) is 9.80 Å². The van der Waals surface area contributed by atoms with Crippen LogP contribution >= 0.6 is 0 Å². The summed E-state index contributed by atoms with van der Waals surface area (Å²) in [6.07, 6.45) is 4.09. The molecule has 3 aliphatic heterocycles. The van der Waals surface area contributed by atoms with E-state index >= 15 is 0 Å². The molecule has 4 fully saturated rings. The molecule has 2 bridgehead atoms.